The second-order valence-electron chi connectivity index (χ2n) is 7.00. The van der Waals surface area contributed by atoms with Crippen molar-refractivity contribution in [3.8, 4) is 0 Å². The first kappa shape index (κ1) is 17.5. The predicted octanol–water partition coefficient (Wildman–Crippen LogP) is 4.08. The second-order valence-corrected chi connectivity index (χ2v) is 7.00. The van der Waals surface area contributed by atoms with Gasteiger partial charge < -0.3 is 9.73 Å². The highest BCUT2D eigenvalue weighted by molar-refractivity contribution is 5.97. The van der Waals surface area contributed by atoms with Gasteiger partial charge in [-0.05, 0) is 36.2 Å². The van der Waals surface area contributed by atoms with Crippen LogP contribution in [0.25, 0.3) is 11.1 Å². The summed E-state index contributed by atoms with van der Waals surface area (Å²) in [5.41, 5.74) is 2.25. The van der Waals surface area contributed by atoms with Gasteiger partial charge >= 0.3 is 6.01 Å². The van der Waals surface area contributed by atoms with Crippen LogP contribution in [0.3, 0.4) is 0 Å². The maximum Gasteiger partial charge on any atom is 0.302 e. The molecule has 3 aromatic rings. The van der Waals surface area contributed by atoms with E-state index in [9.17, 15) is 13.6 Å². The monoisotopic (exact) mass is 394 g/mol. The first-order valence-electron chi connectivity index (χ1n) is 9.23. The fourth-order valence-corrected chi connectivity index (χ4v) is 3.79. The molecule has 0 bridgehead atoms. The molecule has 0 fully saturated rings. The molecule has 0 unspecified atom stereocenters. The predicted molar refractivity (Wildman–Crippen MR) is 103 cm³/mol. The normalized spacial score (nSPS) is 21.2. The minimum atomic E-state index is -0.757. The van der Waals surface area contributed by atoms with Gasteiger partial charge in [0.05, 0.1) is 12.0 Å². The number of guanidine groups is 1. The lowest BCUT2D eigenvalue weighted by Crippen LogP contribution is -2.43. The fraction of sp³-hybridized carbons (Fsp3) is 0.190. The van der Waals surface area contributed by atoms with Gasteiger partial charge in [0, 0.05) is 18.2 Å². The number of anilines is 1. The molecule has 1 aliphatic carbocycles. The van der Waals surface area contributed by atoms with Crippen LogP contribution in [0.2, 0.25) is 0 Å². The molecular weight excluding hydrogens is 378 g/mol. The van der Waals surface area contributed by atoms with E-state index in [0.29, 0.717) is 41.2 Å². The molecule has 29 heavy (non-hydrogen) atoms. The summed E-state index contributed by atoms with van der Waals surface area (Å²) >= 11 is 0. The summed E-state index contributed by atoms with van der Waals surface area (Å²) in [6, 6.07) is 9.98. The Morgan fingerprint density at radius 2 is 1.93 bits per heavy atom. The first-order valence-corrected chi connectivity index (χ1v) is 9.23. The number of aromatic nitrogens is 1. The molecule has 1 aromatic heterocycles. The quantitative estimate of drug-likeness (QED) is 0.685. The van der Waals surface area contributed by atoms with Gasteiger partial charge in [-0.2, -0.15) is 4.98 Å². The smallest absolute Gasteiger partial charge is 0.302 e. The van der Waals surface area contributed by atoms with Crippen molar-refractivity contribution in [1.82, 2.24) is 10.3 Å². The van der Waals surface area contributed by atoms with E-state index in [2.05, 4.69) is 20.6 Å². The number of carbonyl (C=O) groups is 1. The van der Waals surface area contributed by atoms with Gasteiger partial charge in [-0.15, -0.1) is 0 Å². The zero-order valence-corrected chi connectivity index (χ0v) is 15.2. The van der Waals surface area contributed by atoms with Crippen molar-refractivity contribution in [1.29, 1.82) is 0 Å². The van der Waals surface area contributed by atoms with Crippen molar-refractivity contribution in [3.05, 3.63) is 71.4 Å². The first-order chi connectivity index (χ1) is 14.1. The molecule has 0 saturated carbocycles. The third-order valence-corrected chi connectivity index (χ3v) is 5.03. The molecule has 0 spiro atoms. The molecule has 2 heterocycles. The number of ketones is 1. The molecule has 2 aliphatic rings. The zero-order valence-electron chi connectivity index (χ0n) is 15.2. The number of nitrogens with zero attached hydrogens (tertiary/aromatic N) is 2. The molecule has 5 rings (SSSR count). The summed E-state index contributed by atoms with van der Waals surface area (Å²) in [5, 5.41) is 6.07. The van der Waals surface area contributed by atoms with Gasteiger partial charge in [0.15, 0.2) is 5.58 Å². The number of halogens is 2. The number of aliphatic imine (C=N–C) groups is 1. The number of oxazole rings is 1. The number of nitrogens with one attached hydrogen (secondary N) is 2. The average molecular weight is 394 g/mol. The maximum absolute atomic E-state index is 13.8. The van der Waals surface area contributed by atoms with Crippen LogP contribution in [0.5, 0.6) is 0 Å². The lowest BCUT2D eigenvalue weighted by molar-refractivity contribution is -0.122. The Bertz CT molecular complexity index is 1130. The van der Waals surface area contributed by atoms with E-state index in [0.717, 1.165) is 6.07 Å². The van der Waals surface area contributed by atoms with Crippen LogP contribution in [0.4, 0.5) is 14.8 Å². The number of carbonyl (C=O) groups excluding carboxylic acids is 1. The lowest BCUT2D eigenvalue weighted by atomic mass is 9.81. The summed E-state index contributed by atoms with van der Waals surface area (Å²) < 4.78 is 33.3. The number of hydrogen-bond acceptors (Lipinski definition) is 6. The van der Waals surface area contributed by atoms with Gasteiger partial charge in [0.1, 0.15) is 22.9 Å². The van der Waals surface area contributed by atoms with Gasteiger partial charge in [0.25, 0.3) is 0 Å². The van der Waals surface area contributed by atoms with E-state index >= 15 is 0 Å². The third-order valence-electron chi connectivity index (χ3n) is 5.03. The van der Waals surface area contributed by atoms with Crippen molar-refractivity contribution in [2.45, 2.75) is 18.9 Å². The van der Waals surface area contributed by atoms with Crippen LogP contribution in [-0.4, -0.2) is 16.7 Å². The van der Waals surface area contributed by atoms with Crippen LogP contribution >= 0.6 is 0 Å². The van der Waals surface area contributed by atoms with Crippen LogP contribution in [0, 0.1) is 17.6 Å². The van der Waals surface area contributed by atoms with Crippen molar-refractivity contribution in [2.75, 3.05) is 5.32 Å². The van der Waals surface area contributed by atoms with Crippen molar-refractivity contribution in [3.63, 3.8) is 0 Å². The largest absolute Gasteiger partial charge is 0.423 e. The van der Waals surface area contributed by atoms with E-state index in [-0.39, 0.29) is 11.8 Å². The Hall–Kier alpha value is -3.55. The molecule has 8 heteroatoms. The van der Waals surface area contributed by atoms with Crippen LogP contribution in [-0.2, 0) is 4.79 Å². The summed E-state index contributed by atoms with van der Waals surface area (Å²) in [6.45, 7) is 0. The highest BCUT2D eigenvalue weighted by Gasteiger charge is 2.38. The Morgan fingerprint density at radius 3 is 2.72 bits per heavy atom. The average Bonchev–Trinajstić information content (AvgIpc) is 3.09. The Morgan fingerprint density at radius 1 is 1.14 bits per heavy atom. The number of rotatable bonds is 2. The summed E-state index contributed by atoms with van der Waals surface area (Å²) in [4.78, 5) is 21.5. The number of hydrogen-bond donors (Lipinski definition) is 2. The van der Waals surface area contributed by atoms with Gasteiger partial charge in [-0.1, -0.05) is 18.2 Å². The second kappa shape index (κ2) is 6.80. The third kappa shape index (κ3) is 3.26. The molecule has 2 N–H and O–H groups in total. The topological polar surface area (TPSA) is 79.5 Å². The summed E-state index contributed by atoms with van der Waals surface area (Å²) in [7, 11) is 0. The fourth-order valence-electron chi connectivity index (χ4n) is 3.79. The number of allylic oxidation sites excluding steroid dienone is 1. The van der Waals surface area contributed by atoms with Gasteiger partial charge in [0.2, 0.25) is 5.96 Å². The highest BCUT2D eigenvalue weighted by atomic mass is 19.1. The molecule has 0 saturated heterocycles. The van der Waals surface area contributed by atoms with E-state index < -0.39 is 23.6 Å². The molecular formula is C21H16F2N4O2. The molecule has 0 amide bonds. The zero-order chi connectivity index (χ0) is 20.0. The number of Topliss-reactive ketones (excluding diaryl/α,β-unsaturated/α-hetero) is 1. The maximum atomic E-state index is 13.8. The van der Waals surface area contributed by atoms with Crippen molar-refractivity contribution < 1.29 is 18.0 Å². The van der Waals surface area contributed by atoms with Crippen LogP contribution < -0.4 is 10.6 Å². The molecule has 2 atom stereocenters. The van der Waals surface area contributed by atoms with Crippen LogP contribution in [0.15, 0.2) is 63.6 Å². The Balaban J connectivity index is 1.55. The van der Waals surface area contributed by atoms with Crippen LogP contribution in [0.1, 0.15) is 24.4 Å². The van der Waals surface area contributed by atoms with E-state index in [1.54, 1.807) is 6.07 Å². The standard InChI is InChI=1S/C21H16F2N4O2/c22-12-8-11(9-13(23)10-12)19-18-15(5-3-6-16(18)28)24-20(26-19)27-21-25-14-4-1-2-7-17(14)29-21/h1-2,4-5,7-10,18-19H,3,6H2,(H2,24,25,26,27)/t18-,19-/m0/s1. The number of para-hydroxylation sites is 2. The highest BCUT2D eigenvalue weighted by Crippen LogP contribution is 2.38. The summed E-state index contributed by atoms with van der Waals surface area (Å²) in [5.74, 6) is -1.76. The minimum absolute atomic E-state index is 0.0191. The lowest BCUT2D eigenvalue weighted by Gasteiger charge is -2.34. The molecule has 0 radical (unpaired) electrons. The van der Waals surface area contributed by atoms with Crippen molar-refractivity contribution in [2.24, 2.45) is 10.9 Å². The summed E-state index contributed by atoms with van der Waals surface area (Å²) in [6.07, 6.45) is 2.88. The van der Waals surface area contributed by atoms with Gasteiger partial charge in [-0.3, -0.25) is 10.1 Å². The number of benzene rings is 2. The molecule has 2 aromatic carbocycles. The molecule has 1 aliphatic heterocycles. The molecule has 146 valence electrons. The Kier molecular flexibility index (Phi) is 4.12. The van der Waals surface area contributed by atoms with Crippen molar-refractivity contribution >= 4 is 28.9 Å². The van der Waals surface area contributed by atoms with E-state index in [1.165, 1.54) is 12.1 Å². The van der Waals surface area contributed by atoms with E-state index in [4.69, 9.17) is 4.42 Å². The van der Waals surface area contributed by atoms with Gasteiger partial charge in [-0.25, -0.2) is 13.8 Å². The van der Waals surface area contributed by atoms with E-state index in [1.807, 2.05) is 24.3 Å². The number of fused-ring (bicyclic) bond motifs is 2. The molecule has 6 nitrogen and oxygen atoms in total. The SMILES string of the molecule is O=C1CCC=C2NC(Nc3nc4ccccc4o3)=N[C@@H](c3cc(F)cc(F)c3)[C@H]12. The minimum Gasteiger partial charge on any atom is -0.423 e. The Labute approximate surface area is 164 Å².